The quantitative estimate of drug-likeness (QED) is 0.869. The number of hydrogen-bond acceptors (Lipinski definition) is 4. The first-order valence-electron chi connectivity index (χ1n) is 5.04. The fourth-order valence-electron chi connectivity index (χ4n) is 1.35. The van der Waals surface area contributed by atoms with Crippen LogP contribution in [0, 0.1) is 0 Å². The first-order chi connectivity index (χ1) is 8.20. The van der Waals surface area contributed by atoms with Crippen molar-refractivity contribution < 1.29 is 9.21 Å². The number of thiazole rings is 1. The predicted molar refractivity (Wildman–Crippen MR) is 66.3 cm³/mol. The Morgan fingerprint density at radius 2 is 2.47 bits per heavy atom. The molecule has 2 aromatic heterocycles. The van der Waals surface area contributed by atoms with E-state index in [0.717, 1.165) is 4.88 Å². The zero-order chi connectivity index (χ0) is 12.3. The number of amides is 1. The van der Waals surface area contributed by atoms with E-state index >= 15 is 0 Å². The highest BCUT2D eigenvalue weighted by atomic mass is 35.5. The standard InChI is InChI=1S/C11H11ClN2O2S/c1-7(10-5-13-6-17-10)14-11(15)9-3-2-8(4-12)16-9/h2-3,5-7H,4H2,1H3,(H,14,15). The van der Waals surface area contributed by atoms with Crippen LogP contribution in [-0.2, 0) is 5.88 Å². The second kappa shape index (κ2) is 5.33. The Kier molecular flexibility index (Phi) is 3.81. The molecule has 2 heterocycles. The number of alkyl halides is 1. The number of nitrogens with zero attached hydrogens (tertiary/aromatic N) is 1. The van der Waals surface area contributed by atoms with Gasteiger partial charge in [-0.1, -0.05) is 0 Å². The van der Waals surface area contributed by atoms with E-state index < -0.39 is 0 Å². The second-order valence-electron chi connectivity index (χ2n) is 3.50. The lowest BCUT2D eigenvalue weighted by Gasteiger charge is -2.09. The summed E-state index contributed by atoms with van der Waals surface area (Å²) in [5, 5.41) is 2.83. The van der Waals surface area contributed by atoms with E-state index in [1.54, 1.807) is 23.8 Å². The van der Waals surface area contributed by atoms with Gasteiger partial charge in [-0.15, -0.1) is 22.9 Å². The van der Waals surface area contributed by atoms with Crippen LogP contribution in [0.5, 0.6) is 0 Å². The van der Waals surface area contributed by atoms with Crippen molar-refractivity contribution in [1.29, 1.82) is 0 Å². The van der Waals surface area contributed by atoms with Crippen molar-refractivity contribution in [3.05, 3.63) is 40.2 Å². The Hall–Kier alpha value is -1.33. The van der Waals surface area contributed by atoms with Gasteiger partial charge < -0.3 is 9.73 Å². The summed E-state index contributed by atoms with van der Waals surface area (Å²) in [7, 11) is 0. The van der Waals surface area contributed by atoms with Crippen molar-refractivity contribution in [1.82, 2.24) is 10.3 Å². The number of hydrogen-bond donors (Lipinski definition) is 1. The molecule has 1 atom stereocenters. The lowest BCUT2D eigenvalue weighted by Crippen LogP contribution is -2.25. The van der Waals surface area contributed by atoms with Gasteiger partial charge in [-0.25, -0.2) is 0 Å². The lowest BCUT2D eigenvalue weighted by molar-refractivity contribution is 0.0911. The number of carbonyl (C=O) groups excluding carboxylic acids is 1. The largest absolute Gasteiger partial charge is 0.455 e. The Morgan fingerprint density at radius 3 is 3.06 bits per heavy atom. The summed E-state index contributed by atoms with van der Waals surface area (Å²) < 4.78 is 5.26. The average Bonchev–Trinajstić information content (AvgIpc) is 3.00. The smallest absolute Gasteiger partial charge is 0.287 e. The van der Waals surface area contributed by atoms with E-state index in [2.05, 4.69) is 10.3 Å². The number of nitrogens with one attached hydrogen (secondary N) is 1. The molecule has 0 aliphatic carbocycles. The molecule has 4 nitrogen and oxygen atoms in total. The maximum Gasteiger partial charge on any atom is 0.287 e. The molecule has 2 rings (SSSR count). The molecule has 0 aromatic carbocycles. The van der Waals surface area contributed by atoms with E-state index in [-0.39, 0.29) is 23.6 Å². The first-order valence-corrected chi connectivity index (χ1v) is 6.46. The molecule has 0 radical (unpaired) electrons. The minimum atomic E-state index is -0.248. The molecule has 1 amide bonds. The Morgan fingerprint density at radius 1 is 1.65 bits per heavy atom. The Bertz CT molecular complexity index is 495. The van der Waals surface area contributed by atoms with E-state index in [4.69, 9.17) is 16.0 Å². The molecule has 17 heavy (non-hydrogen) atoms. The van der Waals surface area contributed by atoms with Crippen LogP contribution >= 0.6 is 22.9 Å². The Balaban J connectivity index is 2.01. The van der Waals surface area contributed by atoms with Crippen molar-refractivity contribution in [2.45, 2.75) is 18.8 Å². The summed E-state index contributed by atoms with van der Waals surface area (Å²) in [6.07, 6.45) is 1.74. The molecular formula is C11H11ClN2O2S. The zero-order valence-electron chi connectivity index (χ0n) is 9.14. The molecule has 2 aromatic rings. The molecule has 1 unspecified atom stereocenters. The fraction of sp³-hybridized carbons (Fsp3) is 0.273. The van der Waals surface area contributed by atoms with Crippen LogP contribution in [-0.4, -0.2) is 10.9 Å². The van der Waals surface area contributed by atoms with Gasteiger partial charge >= 0.3 is 0 Å². The minimum Gasteiger partial charge on any atom is -0.455 e. The minimum absolute atomic E-state index is 0.0837. The van der Waals surface area contributed by atoms with Gasteiger partial charge in [0, 0.05) is 11.1 Å². The summed E-state index contributed by atoms with van der Waals surface area (Å²) in [5.41, 5.74) is 1.73. The number of halogens is 1. The topological polar surface area (TPSA) is 55.1 Å². The number of aromatic nitrogens is 1. The van der Waals surface area contributed by atoms with Gasteiger partial charge in [0.05, 0.1) is 17.4 Å². The van der Waals surface area contributed by atoms with Crippen LogP contribution in [0.1, 0.15) is 34.2 Å². The van der Waals surface area contributed by atoms with Gasteiger partial charge in [0.1, 0.15) is 5.76 Å². The van der Waals surface area contributed by atoms with Crippen LogP contribution in [0.2, 0.25) is 0 Å². The number of rotatable bonds is 4. The average molecular weight is 271 g/mol. The van der Waals surface area contributed by atoms with Crippen LogP contribution in [0.25, 0.3) is 0 Å². The number of carbonyl (C=O) groups is 1. The second-order valence-corrected chi connectivity index (χ2v) is 4.68. The molecular weight excluding hydrogens is 260 g/mol. The predicted octanol–water partition coefficient (Wildman–Crippen LogP) is 2.97. The van der Waals surface area contributed by atoms with Gasteiger partial charge in [-0.2, -0.15) is 0 Å². The molecule has 0 aliphatic rings. The molecule has 0 bridgehead atoms. The van der Waals surface area contributed by atoms with E-state index in [1.807, 2.05) is 6.92 Å². The van der Waals surface area contributed by atoms with E-state index in [1.165, 1.54) is 11.3 Å². The van der Waals surface area contributed by atoms with E-state index in [9.17, 15) is 4.79 Å². The van der Waals surface area contributed by atoms with Gasteiger partial charge in [0.15, 0.2) is 5.76 Å². The monoisotopic (exact) mass is 270 g/mol. The summed E-state index contributed by atoms with van der Waals surface area (Å²) in [6.45, 7) is 1.90. The summed E-state index contributed by atoms with van der Waals surface area (Å²) in [5.74, 6) is 0.874. The molecule has 0 spiro atoms. The SMILES string of the molecule is CC(NC(=O)c1ccc(CCl)o1)c1cncs1. The highest BCUT2D eigenvalue weighted by Crippen LogP contribution is 2.17. The van der Waals surface area contributed by atoms with Crippen LogP contribution in [0.4, 0.5) is 0 Å². The molecule has 0 saturated carbocycles. The summed E-state index contributed by atoms with van der Waals surface area (Å²) in [6, 6.07) is 3.23. The maximum atomic E-state index is 11.8. The third-order valence-corrected chi connectivity index (χ3v) is 3.46. The maximum absolute atomic E-state index is 11.8. The molecule has 90 valence electrons. The Labute approximate surface area is 108 Å². The van der Waals surface area contributed by atoms with Crippen molar-refractivity contribution in [2.24, 2.45) is 0 Å². The van der Waals surface area contributed by atoms with Crippen LogP contribution < -0.4 is 5.32 Å². The fourth-order valence-corrected chi connectivity index (χ4v) is 2.12. The summed E-state index contributed by atoms with van der Waals surface area (Å²) in [4.78, 5) is 16.8. The van der Waals surface area contributed by atoms with Crippen LogP contribution in [0.3, 0.4) is 0 Å². The molecule has 0 aliphatic heterocycles. The van der Waals surface area contributed by atoms with Crippen molar-refractivity contribution in [2.75, 3.05) is 0 Å². The van der Waals surface area contributed by atoms with E-state index in [0.29, 0.717) is 5.76 Å². The normalized spacial score (nSPS) is 12.4. The zero-order valence-corrected chi connectivity index (χ0v) is 10.7. The first kappa shape index (κ1) is 12.1. The number of furan rings is 1. The lowest BCUT2D eigenvalue weighted by atomic mass is 10.3. The highest BCUT2D eigenvalue weighted by molar-refractivity contribution is 7.09. The van der Waals surface area contributed by atoms with Gasteiger partial charge in [-0.3, -0.25) is 9.78 Å². The molecule has 0 fully saturated rings. The third-order valence-electron chi connectivity index (χ3n) is 2.24. The van der Waals surface area contributed by atoms with Gasteiger partial charge in [0.25, 0.3) is 5.91 Å². The van der Waals surface area contributed by atoms with Crippen molar-refractivity contribution in [3.63, 3.8) is 0 Å². The highest BCUT2D eigenvalue weighted by Gasteiger charge is 2.15. The third kappa shape index (κ3) is 2.87. The van der Waals surface area contributed by atoms with Gasteiger partial charge in [-0.05, 0) is 19.1 Å². The van der Waals surface area contributed by atoms with Crippen molar-refractivity contribution >= 4 is 28.8 Å². The van der Waals surface area contributed by atoms with Crippen molar-refractivity contribution in [3.8, 4) is 0 Å². The molecule has 0 saturated heterocycles. The summed E-state index contributed by atoms with van der Waals surface area (Å²) >= 11 is 7.10. The molecule has 1 N–H and O–H groups in total. The molecule has 6 heteroatoms. The van der Waals surface area contributed by atoms with Crippen LogP contribution in [0.15, 0.2) is 28.3 Å². The van der Waals surface area contributed by atoms with Gasteiger partial charge in [0.2, 0.25) is 0 Å².